The van der Waals surface area contributed by atoms with Crippen LogP contribution in [0.2, 0.25) is 0 Å². The van der Waals surface area contributed by atoms with Gasteiger partial charge in [0.25, 0.3) is 5.91 Å². The molecule has 1 aliphatic heterocycles. The van der Waals surface area contributed by atoms with E-state index >= 15 is 0 Å². The van der Waals surface area contributed by atoms with Crippen LogP contribution in [0.1, 0.15) is 20.8 Å². The normalized spacial score (nSPS) is 38.1. The summed E-state index contributed by atoms with van der Waals surface area (Å²) in [7, 11) is 0. The van der Waals surface area contributed by atoms with Crippen molar-refractivity contribution in [1.82, 2.24) is 0 Å². The Labute approximate surface area is 54.2 Å². The summed E-state index contributed by atoms with van der Waals surface area (Å²) in [6.45, 7) is 5.39. The lowest BCUT2D eigenvalue weighted by Crippen LogP contribution is -2.34. The lowest BCUT2D eigenvalue weighted by molar-refractivity contribution is -0.122. The number of amides is 1. The first kappa shape index (κ1) is 6.55. The van der Waals surface area contributed by atoms with Gasteiger partial charge in [-0.15, -0.1) is 0 Å². The lowest BCUT2D eigenvalue weighted by Gasteiger charge is -2.00. The number of rotatable bonds is 1. The topological polar surface area (TPSA) is 55.6 Å². The monoisotopic (exact) mass is 129 g/mol. The zero-order valence-electron chi connectivity index (χ0n) is 5.89. The third-order valence-corrected chi connectivity index (χ3v) is 2.04. The molecule has 1 saturated heterocycles. The van der Waals surface area contributed by atoms with Gasteiger partial charge < -0.3 is 10.5 Å². The van der Waals surface area contributed by atoms with Gasteiger partial charge in [0.15, 0.2) is 5.60 Å². The van der Waals surface area contributed by atoms with Crippen LogP contribution in [0.25, 0.3) is 0 Å². The largest absolute Gasteiger partial charge is 0.367 e. The third-order valence-electron chi connectivity index (χ3n) is 2.04. The molecule has 1 rings (SSSR count). The van der Waals surface area contributed by atoms with Crippen LogP contribution in [-0.2, 0) is 9.53 Å². The number of nitrogens with two attached hydrogens (primary N) is 1. The van der Waals surface area contributed by atoms with Crippen molar-refractivity contribution >= 4 is 5.91 Å². The Morgan fingerprint density at radius 2 is 1.78 bits per heavy atom. The van der Waals surface area contributed by atoms with Crippen molar-refractivity contribution in [1.29, 1.82) is 0 Å². The molecule has 1 heterocycles. The standard InChI is InChI=1S/C6H11NO2/c1-5(2)6(3,9-5)4(7)8/h1-3H3,(H2,7,8). The Hall–Kier alpha value is -0.570. The lowest BCUT2D eigenvalue weighted by atomic mass is 9.98. The van der Waals surface area contributed by atoms with Crippen molar-refractivity contribution in [3.8, 4) is 0 Å². The first-order chi connectivity index (χ1) is 3.90. The average molecular weight is 129 g/mol. The van der Waals surface area contributed by atoms with Crippen LogP contribution < -0.4 is 5.73 Å². The molecule has 1 amide bonds. The molecular weight excluding hydrogens is 118 g/mol. The Morgan fingerprint density at radius 1 is 1.44 bits per heavy atom. The van der Waals surface area contributed by atoms with Crippen LogP contribution in [0.4, 0.5) is 0 Å². The van der Waals surface area contributed by atoms with Gasteiger partial charge in [-0.2, -0.15) is 0 Å². The van der Waals surface area contributed by atoms with E-state index in [0.717, 1.165) is 0 Å². The number of primary amides is 1. The molecule has 0 aromatic rings. The first-order valence-corrected chi connectivity index (χ1v) is 2.90. The van der Waals surface area contributed by atoms with Crippen LogP contribution in [0.5, 0.6) is 0 Å². The highest BCUT2D eigenvalue weighted by Crippen LogP contribution is 2.46. The minimum atomic E-state index is -0.715. The summed E-state index contributed by atoms with van der Waals surface area (Å²) in [5.74, 6) is -0.382. The maximum atomic E-state index is 10.6. The molecule has 0 bridgehead atoms. The number of ether oxygens (including phenoxy) is 1. The minimum absolute atomic E-state index is 0.348. The Balaban J connectivity index is 2.74. The van der Waals surface area contributed by atoms with Crippen molar-refractivity contribution in [3.63, 3.8) is 0 Å². The molecule has 0 aromatic heterocycles. The second-order valence-electron chi connectivity index (χ2n) is 3.01. The van der Waals surface area contributed by atoms with Crippen LogP contribution in [-0.4, -0.2) is 17.1 Å². The Kier molecular flexibility index (Phi) is 0.939. The molecule has 3 nitrogen and oxygen atoms in total. The molecule has 3 heteroatoms. The Bertz CT molecular complexity index is 164. The number of carbonyl (C=O) groups is 1. The van der Waals surface area contributed by atoms with E-state index in [1.165, 1.54) is 0 Å². The molecule has 0 saturated carbocycles. The smallest absolute Gasteiger partial charge is 0.252 e. The van der Waals surface area contributed by atoms with Gasteiger partial charge in [-0.05, 0) is 20.8 Å². The van der Waals surface area contributed by atoms with Gasteiger partial charge in [0, 0.05) is 0 Å². The molecule has 9 heavy (non-hydrogen) atoms. The second-order valence-corrected chi connectivity index (χ2v) is 3.01. The predicted octanol–water partition coefficient (Wildman–Crippen LogP) is 0.0392. The van der Waals surface area contributed by atoms with Crippen LogP contribution >= 0.6 is 0 Å². The maximum absolute atomic E-state index is 10.6. The van der Waals surface area contributed by atoms with Crippen molar-refractivity contribution in [2.45, 2.75) is 32.0 Å². The number of hydrogen-bond donors (Lipinski definition) is 1. The molecule has 1 atom stereocenters. The van der Waals surface area contributed by atoms with Gasteiger partial charge in [0.05, 0.1) is 0 Å². The molecule has 1 aliphatic rings. The highest BCUT2D eigenvalue weighted by molar-refractivity contribution is 5.87. The highest BCUT2D eigenvalue weighted by atomic mass is 16.6. The molecule has 0 radical (unpaired) electrons. The van der Waals surface area contributed by atoms with Gasteiger partial charge in [0.2, 0.25) is 0 Å². The zero-order chi connectivity index (χ0) is 7.28. The fourth-order valence-corrected chi connectivity index (χ4v) is 0.832. The second kappa shape index (κ2) is 1.29. The number of hydrogen-bond acceptors (Lipinski definition) is 2. The van der Waals surface area contributed by atoms with Gasteiger partial charge in [0.1, 0.15) is 5.60 Å². The van der Waals surface area contributed by atoms with E-state index in [1.54, 1.807) is 6.92 Å². The summed E-state index contributed by atoms with van der Waals surface area (Å²) < 4.78 is 5.08. The molecule has 2 N–H and O–H groups in total. The van der Waals surface area contributed by atoms with E-state index in [9.17, 15) is 4.79 Å². The fourth-order valence-electron chi connectivity index (χ4n) is 0.832. The minimum Gasteiger partial charge on any atom is -0.367 e. The predicted molar refractivity (Wildman–Crippen MR) is 32.8 cm³/mol. The van der Waals surface area contributed by atoms with E-state index in [1.807, 2.05) is 13.8 Å². The molecule has 0 aliphatic carbocycles. The van der Waals surface area contributed by atoms with Gasteiger partial charge >= 0.3 is 0 Å². The van der Waals surface area contributed by atoms with E-state index < -0.39 is 5.60 Å². The van der Waals surface area contributed by atoms with Crippen molar-refractivity contribution in [2.75, 3.05) is 0 Å². The summed E-state index contributed by atoms with van der Waals surface area (Å²) >= 11 is 0. The van der Waals surface area contributed by atoms with Crippen molar-refractivity contribution in [2.24, 2.45) is 5.73 Å². The molecule has 1 unspecified atom stereocenters. The third kappa shape index (κ3) is 0.645. The summed E-state index contributed by atoms with van der Waals surface area (Å²) in [6, 6.07) is 0. The highest BCUT2D eigenvalue weighted by Gasteiger charge is 2.64. The van der Waals surface area contributed by atoms with Gasteiger partial charge in [-0.25, -0.2) is 0 Å². The van der Waals surface area contributed by atoms with Gasteiger partial charge in [-0.3, -0.25) is 4.79 Å². The van der Waals surface area contributed by atoms with E-state index in [4.69, 9.17) is 10.5 Å². The van der Waals surface area contributed by atoms with E-state index in [-0.39, 0.29) is 11.5 Å². The van der Waals surface area contributed by atoms with Crippen molar-refractivity contribution in [3.05, 3.63) is 0 Å². The summed E-state index contributed by atoms with van der Waals surface area (Å²) in [6.07, 6.45) is 0. The summed E-state index contributed by atoms with van der Waals surface area (Å²) in [4.78, 5) is 10.6. The molecule has 0 spiro atoms. The van der Waals surface area contributed by atoms with Crippen LogP contribution in [0, 0.1) is 0 Å². The molecule has 0 aromatic carbocycles. The maximum Gasteiger partial charge on any atom is 0.252 e. The fraction of sp³-hybridized carbons (Fsp3) is 0.833. The average Bonchev–Trinajstić information content (AvgIpc) is 2.08. The first-order valence-electron chi connectivity index (χ1n) is 2.90. The summed E-state index contributed by atoms with van der Waals surface area (Å²) in [5, 5.41) is 0. The van der Waals surface area contributed by atoms with Crippen molar-refractivity contribution < 1.29 is 9.53 Å². The van der Waals surface area contributed by atoms with Gasteiger partial charge in [-0.1, -0.05) is 0 Å². The molecule has 52 valence electrons. The Morgan fingerprint density at radius 3 is 1.78 bits per heavy atom. The number of carbonyl (C=O) groups excluding carboxylic acids is 1. The zero-order valence-corrected chi connectivity index (χ0v) is 5.89. The van der Waals surface area contributed by atoms with E-state index in [2.05, 4.69) is 0 Å². The summed E-state index contributed by atoms with van der Waals surface area (Å²) in [5.41, 5.74) is 3.98. The van der Waals surface area contributed by atoms with Crippen LogP contribution in [0.3, 0.4) is 0 Å². The molecule has 1 fully saturated rings. The SMILES string of the molecule is CC1(C)OC1(C)C(N)=O. The van der Waals surface area contributed by atoms with E-state index in [0.29, 0.717) is 0 Å². The quantitative estimate of drug-likeness (QED) is 0.508. The van der Waals surface area contributed by atoms with Crippen LogP contribution in [0.15, 0.2) is 0 Å². The molecular formula is C6H11NO2. The number of epoxide rings is 1.